The molecule has 0 aliphatic rings. The van der Waals surface area contributed by atoms with E-state index < -0.39 is 12.0 Å². The summed E-state index contributed by atoms with van der Waals surface area (Å²) in [7, 11) is 0. The van der Waals surface area contributed by atoms with Gasteiger partial charge < -0.3 is 15.0 Å². The molecule has 0 aliphatic heterocycles. The third kappa shape index (κ3) is 7.20. The van der Waals surface area contributed by atoms with Crippen molar-refractivity contribution in [3.8, 4) is 0 Å². The van der Waals surface area contributed by atoms with Gasteiger partial charge in [0.2, 0.25) is 5.91 Å². The molecule has 1 aromatic heterocycles. The highest BCUT2D eigenvalue weighted by Gasteiger charge is 2.25. The molecule has 0 saturated heterocycles. The van der Waals surface area contributed by atoms with E-state index in [1.165, 1.54) is 0 Å². The second-order valence-electron chi connectivity index (χ2n) is 7.63. The van der Waals surface area contributed by atoms with Gasteiger partial charge in [-0.2, -0.15) is 0 Å². The van der Waals surface area contributed by atoms with Gasteiger partial charge in [-0.1, -0.05) is 57.7 Å². The van der Waals surface area contributed by atoms with Crippen LogP contribution in [0.25, 0.3) is 10.9 Å². The van der Waals surface area contributed by atoms with Crippen molar-refractivity contribution in [3.63, 3.8) is 0 Å². The minimum atomic E-state index is -0.953. The zero-order valence-electron chi connectivity index (χ0n) is 17.7. The van der Waals surface area contributed by atoms with Crippen LogP contribution in [-0.4, -0.2) is 52.5 Å². The highest BCUT2D eigenvalue weighted by atomic mass is 16.4. The number of unbranched alkanes of at least 4 members (excludes halogenated alkanes) is 4. The van der Waals surface area contributed by atoms with Crippen molar-refractivity contribution >= 4 is 22.8 Å². The molecule has 0 saturated carbocycles. The van der Waals surface area contributed by atoms with Crippen molar-refractivity contribution in [2.75, 3.05) is 19.6 Å². The van der Waals surface area contributed by atoms with Crippen LogP contribution in [0.2, 0.25) is 0 Å². The lowest BCUT2D eigenvalue weighted by molar-refractivity contribution is -0.137. The third-order valence-electron chi connectivity index (χ3n) is 5.27. The quantitative estimate of drug-likeness (QED) is 0.418. The summed E-state index contributed by atoms with van der Waals surface area (Å²) in [5, 5.41) is 13.2. The molecule has 2 aromatic rings. The fourth-order valence-corrected chi connectivity index (χ4v) is 3.64. The second-order valence-corrected chi connectivity index (χ2v) is 7.63. The molecular formula is C23H35N3O3. The Bertz CT molecular complexity index is 762. The number of aliphatic carboxylic acids is 1. The number of nitrogens with one attached hydrogen (secondary N) is 2. The molecule has 6 nitrogen and oxygen atoms in total. The standard InChI is InChI=1S/C23H35N3O3/c1-3-5-9-13-26(14-10-6-4-2)23(29)21(25-17-22(27)28)15-18-16-24-20-12-8-7-11-19(18)20/h7-8,11-12,16,21,24-25H,3-6,9-10,13-15,17H2,1-2H3,(H,27,28)/t21-/m1/s1. The first-order valence-electron chi connectivity index (χ1n) is 10.9. The Morgan fingerprint density at radius 1 is 1.07 bits per heavy atom. The lowest BCUT2D eigenvalue weighted by Gasteiger charge is -2.28. The van der Waals surface area contributed by atoms with Gasteiger partial charge in [0, 0.05) is 30.2 Å². The maximum atomic E-state index is 13.4. The van der Waals surface area contributed by atoms with E-state index in [0.717, 1.165) is 68.1 Å². The fraction of sp³-hybridized carbons (Fsp3) is 0.565. The number of carbonyl (C=O) groups is 2. The number of aromatic amines is 1. The molecule has 0 radical (unpaired) electrons. The minimum Gasteiger partial charge on any atom is -0.480 e. The number of hydrogen-bond acceptors (Lipinski definition) is 3. The van der Waals surface area contributed by atoms with Crippen molar-refractivity contribution in [2.24, 2.45) is 0 Å². The van der Waals surface area contributed by atoms with Crippen molar-refractivity contribution in [3.05, 3.63) is 36.0 Å². The highest BCUT2D eigenvalue weighted by molar-refractivity contribution is 5.86. The number of hydrogen-bond donors (Lipinski definition) is 3. The molecule has 0 fully saturated rings. The predicted molar refractivity (Wildman–Crippen MR) is 117 cm³/mol. The lowest BCUT2D eigenvalue weighted by atomic mass is 10.0. The molecule has 0 spiro atoms. The smallest absolute Gasteiger partial charge is 0.317 e. The molecule has 0 bridgehead atoms. The highest BCUT2D eigenvalue weighted by Crippen LogP contribution is 2.20. The topological polar surface area (TPSA) is 85.4 Å². The van der Waals surface area contributed by atoms with Gasteiger partial charge in [-0.3, -0.25) is 14.9 Å². The van der Waals surface area contributed by atoms with Gasteiger partial charge in [0.1, 0.15) is 0 Å². The number of carboxylic acid groups (broad SMARTS) is 1. The van der Waals surface area contributed by atoms with E-state index in [-0.39, 0.29) is 12.5 Å². The predicted octanol–water partition coefficient (Wildman–Crippen LogP) is 3.96. The fourth-order valence-electron chi connectivity index (χ4n) is 3.64. The Kier molecular flexibility index (Phi) is 9.71. The van der Waals surface area contributed by atoms with Crippen LogP contribution >= 0.6 is 0 Å². The van der Waals surface area contributed by atoms with Gasteiger partial charge in [0.15, 0.2) is 0 Å². The average Bonchev–Trinajstić information content (AvgIpc) is 3.12. The molecular weight excluding hydrogens is 366 g/mol. The summed E-state index contributed by atoms with van der Waals surface area (Å²) >= 11 is 0. The molecule has 0 aliphatic carbocycles. The van der Waals surface area contributed by atoms with Crippen molar-refractivity contribution in [1.29, 1.82) is 0 Å². The van der Waals surface area contributed by atoms with Gasteiger partial charge >= 0.3 is 5.97 Å². The number of nitrogens with zero attached hydrogens (tertiary/aromatic N) is 1. The first-order valence-corrected chi connectivity index (χ1v) is 10.9. The molecule has 1 aromatic carbocycles. The summed E-state index contributed by atoms with van der Waals surface area (Å²) in [5.74, 6) is -0.950. The maximum Gasteiger partial charge on any atom is 0.317 e. The van der Waals surface area contributed by atoms with E-state index in [9.17, 15) is 9.59 Å². The summed E-state index contributed by atoms with van der Waals surface area (Å²) in [4.78, 5) is 29.7. The van der Waals surface area contributed by atoms with E-state index in [1.54, 1.807) is 0 Å². The van der Waals surface area contributed by atoms with E-state index in [2.05, 4.69) is 24.1 Å². The normalized spacial score (nSPS) is 12.2. The summed E-state index contributed by atoms with van der Waals surface area (Å²) in [6.45, 7) is 5.54. The zero-order valence-corrected chi connectivity index (χ0v) is 17.7. The summed E-state index contributed by atoms with van der Waals surface area (Å²) in [6.07, 6.45) is 8.74. The van der Waals surface area contributed by atoms with Gasteiger partial charge in [0.25, 0.3) is 0 Å². The van der Waals surface area contributed by atoms with Crippen molar-refractivity contribution < 1.29 is 14.7 Å². The van der Waals surface area contributed by atoms with Crippen molar-refractivity contribution in [2.45, 2.75) is 64.8 Å². The molecule has 6 heteroatoms. The second kappa shape index (κ2) is 12.3. The summed E-state index contributed by atoms with van der Waals surface area (Å²) < 4.78 is 0. The molecule has 3 N–H and O–H groups in total. The Balaban J connectivity index is 2.17. The molecule has 1 heterocycles. The molecule has 1 atom stereocenters. The number of amides is 1. The molecule has 29 heavy (non-hydrogen) atoms. The summed E-state index contributed by atoms with van der Waals surface area (Å²) in [6, 6.07) is 7.43. The maximum absolute atomic E-state index is 13.4. The number of H-pyrrole nitrogens is 1. The first kappa shape index (κ1) is 22.9. The first-order chi connectivity index (χ1) is 14.1. The van der Waals surface area contributed by atoms with Crippen LogP contribution in [0.5, 0.6) is 0 Å². The van der Waals surface area contributed by atoms with Crippen LogP contribution in [-0.2, 0) is 16.0 Å². The number of carboxylic acids is 1. The van der Waals surface area contributed by atoms with E-state index in [0.29, 0.717) is 6.42 Å². The van der Waals surface area contributed by atoms with Crippen LogP contribution in [0.4, 0.5) is 0 Å². The molecule has 160 valence electrons. The lowest BCUT2D eigenvalue weighted by Crippen LogP contribution is -2.49. The van der Waals surface area contributed by atoms with Crippen LogP contribution in [0.1, 0.15) is 57.9 Å². The average molecular weight is 402 g/mol. The van der Waals surface area contributed by atoms with Gasteiger partial charge in [-0.15, -0.1) is 0 Å². The van der Waals surface area contributed by atoms with Crippen LogP contribution < -0.4 is 5.32 Å². The van der Waals surface area contributed by atoms with Crippen molar-refractivity contribution in [1.82, 2.24) is 15.2 Å². The van der Waals surface area contributed by atoms with Gasteiger partial charge in [-0.05, 0) is 30.9 Å². The summed E-state index contributed by atoms with van der Waals surface area (Å²) in [5.41, 5.74) is 2.05. The van der Waals surface area contributed by atoms with E-state index in [4.69, 9.17) is 5.11 Å². The van der Waals surface area contributed by atoms with Gasteiger partial charge in [-0.25, -0.2) is 0 Å². The minimum absolute atomic E-state index is 0.00346. The van der Waals surface area contributed by atoms with Crippen LogP contribution in [0.15, 0.2) is 30.5 Å². The van der Waals surface area contributed by atoms with Gasteiger partial charge in [0.05, 0.1) is 12.6 Å². The Morgan fingerprint density at radius 2 is 1.72 bits per heavy atom. The largest absolute Gasteiger partial charge is 0.480 e. The Hall–Kier alpha value is -2.34. The number of fused-ring (bicyclic) bond motifs is 1. The number of aromatic nitrogens is 1. The third-order valence-corrected chi connectivity index (χ3v) is 5.27. The number of para-hydroxylation sites is 1. The van der Waals surface area contributed by atoms with Crippen LogP contribution in [0, 0.1) is 0 Å². The molecule has 0 unspecified atom stereocenters. The SMILES string of the molecule is CCCCCN(CCCCC)C(=O)[C@@H](Cc1c[nH]c2ccccc12)NCC(=O)O. The number of benzene rings is 1. The zero-order chi connectivity index (χ0) is 21.1. The number of rotatable bonds is 14. The molecule has 1 amide bonds. The number of carbonyl (C=O) groups excluding carboxylic acids is 1. The monoisotopic (exact) mass is 401 g/mol. The Morgan fingerprint density at radius 3 is 2.34 bits per heavy atom. The van der Waals surface area contributed by atoms with Crippen LogP contribution in [0.3, 0.4) is 0 Å². The van der Waals surface area contributed by atoms with E-state index >= 15 is 0 Å². The Labute approximate surface area is 173 Å². The van der Waals surface area contributed by atoms with E-state index in [1.807, 2.05) is 35.4 Å². The molecule has 2 rings (SSSR count).